The number of piperidine rings is 1. The van der Waals surface area contributed by atoms with E-state index in [-0.39, 0.29) is 35.6 Å². The van der Waals surface area contributed by atoms with Crippen molar-refractivity contribution in [2.75, 3.05) is 20.6 Å². The Kier molecular flexibility index (Phi) is 1.21. The predicted octanol–water partition coefficient (Wildman–Crippen LogP) is 1.50. The monoisotopic (exact) mass is 309 g/mol. The summed E-state index contributed by atoms with van der Waals surface area (Å²) >= 11 is 0. The molecule has 22 heavy (non-hydrogen) atoms. The maximum absolute atomic E-state index is 10.7. The van der Waals surface area contributed by atoms with Crippen LogP contribution in [0.1, 0.15) is 31.3 Å². The van der Waals surface area contributed by atoms with Gasteiger partial charge < -0.3 is 19.5 Å². The molecule has 2 aliphatic carbocycles. The number of benzene rings is 1. The fourth-order valence-corrected chi connectivity index (χ4v) is 4.27. The van der Waals surface area contributed by atoms with E-state index in [2.05, 4.69) is 0 Å². The molecule has 2 aliphatic heterocycles. The standard InChI is InChI=1S/C18H21NO3/c1-19-8-7-18-11-4-5-13(20)17(18)22-16-14(21-2)6-3-10(15(16)18)9-12(11)19/h3-6,11-13,17,20H,7-9H2,1-2H3/t11-,12+,13?,17?,18-/m0/s1/i1D3,2D3,9D2,11D,12D. The number of methoxy groups -OCH3 is 1. The van der Waals surface area contributed by atoms with E-state index in [1.165, 1.54) is 24.3 Å². The van der Waals surface area contributed by atoms with E-state index in [4.69, 9.17) is 20.4 Å². The lowest BCUT2D eigenvalue weighted by Crippen LogP contribution is -2.64. The van der Waals surface area contributed by atoms with Crippen LogP contribution in [0.4, 0.5) is 0 Å². The van der Waals surface area contributed by atoms with Crippen LogP contribution in [0.15, 0.2) is 24.3 Å². The molecule has 116 valence electrons. The van der Waals surface area contributed by atoms with Gasteiger partial charge in [0.1, 0.15) is 12.2 Å². The van der Waals surface area contributed by atoms with Crippen molar-refractivity contribution in [1.82, 2.24) is 4.90 Å². The Morgan fingerprint density at radius 1 is 1.55 bits per heavy atom. The van der Waals surface area contributed by atoms with Gasteiger partial charge in [-0.05, 0) is 37.9 Å². The molecule has 1 N–H and O–H groups in total. The molecule has 2 bridgehead atoms. The molecule has 0 amide bonds. The minimum Gasteiger partial charge on any atom is -0.493 e. The van der Waals surface area contributed by atoms with E-state index in [9.17, 15) is 7.85 Å². The molecule has 4 nitrogen and oxygen atoms in total. The van der Waals surface area contributed by atoms with E-state index in [1.807, 2.05) is 0 Å². The summed E-state index contributed by atoms with van der Waals surface area (Å²) in [6.45, 7) is -3.10. The molecule has 1 fully saturated rings. The van der Waals surface area contributed by atoms with Crippen LogP contribution in [0, 0.1) is 5.89 Å². The first-order chi connectivity index (χ1) is 14.5. The van der Waals surface area contributed by atoms with Gasteiger partial charge >= 0.3 is 0 Å². The number of ether oxygens (including phenoxy) is 2. The molecule has 5 atom stereocenters. The maximum Gasteiger partial charge on any atom is 0.165 e. The first-order valence-electron chi connectivity index (χ1n) is 12.2. The van der Waals surface area contributed by atoms with Crippen LogP contribution >= 0.6 is 0 Å². The highest BCUT2D eigenvalue weighted by molar-refractivity contribution is 5.62. The normalized spacial score (nSPS) is 57.9. The summed E-state index contributed by atoms with van der Waals surface area (Å²) < 4.78 is 93.8. The smallest absolute Gasteiger partial charge is 0.165 e. The van der Waals surface area contributed by atoms with Gasteiger partial charge in [0, 0.05) is 32.5 Å². The molecule has 5 rings (SSSR count). The summed E-state index contributed by atoms with van der Waals surface area (Å²) in [5.41, 5.74) is -1.38. The lowest BCUT2D eigenvalue weighted by molar-refractivity contribution is -0.0453. The Morgan fingerprint density at radius 3 is 3.36 bits per heavy atom. The molecular formula is C18H21NO3. The van der Waals surface area contributed by atoms with Crippen molar-refractivity contribution in [3.8, 4) is 11.5 Å². The van der Waals surface area contributed by atoms with Crippen molar-refractivity contribution in [2.24, 2.45) is 5.89 Å². The van der Waals surface area contributed by atoms with Crippen molar-refractivity contribution in [3.05, 3.63) is 35.4 Å². The zero-order valence-electron chi connectivity index (χ0n) is 21.6. The molecule has 1 aromatic carbocycles. The van der Waals surface area contributed by atoms with Crippen LogP contribution in [0.2, 0.25) is 0 Å². The first-order valence-corrected chi connectivity index (χ1v) is 7.21. The van der Waals surface area contributed by atoms with Gasteiger partial charge in [0.05, 0.1) is 11.2 Å². The average molecular weight is 309 g/mol. The SMILES string of the molecule is [2H]C([2H])([2H])Oc1ccc2c3c1OC1C(O)C=C[C@]4([2H])[C@@]31CCN(C([2H])([2H])[2H])[C@]4([2H])C2([2H])[2H]. The molecular weight excluding hydrogens is 278 g/mol. The molecule has 0 saturated carbocycles. The van der Waals surface area contributed by atoms with E-state index in [0.29, 0.717) is 0 Å². The second-order valence-electron chi connectivity index (χ2n) is 6.07. The zero-order valence-corrected chi connectivity index (χ0v) is 11.6. The summed E-state index contributed by atoms with van der Waals surface area (Å²) in [4.78, 5) is 0.741. The summed E-state index contributed by atoms with van der Waals surface area (Å²) in [6.07, 6.45) is -2.63. The molecule has 2 heterocycles. The summed E-state index contributed by atoms with van der Waals surface area (Å²) in [5, 5.41) is 10.7. The number of aliphatic hydroxyl groups excluding tert-OH is 1. The van der Waals surface area contributed by atoms with Crippen LogP contribution in [0.5, 0.6) is 11.5 Å². The van der Waals surface area contributed by atoms with E-state index in [1.54, 1.807) is 0 Å². The maximum atomic E-state index is 10.7. The fourth-order valence-electron chi connectivity index (χ4n) is 4.27. The molecule has 1 saturated heterocycles. The van der Waals surface area contributed by atoms with Gasteiger partial charge in [-0.1, -0.05) is 18.2 Å². The number of likely N-dealkylation sites (N-methyl/N-ethyl adjacent to an activating group) is 1. The third kappa shape index (κ3) is 1.28. The van der Waals surface area contributed by atoms with Gasteiger partial charge in [-0.2, -0.15) is 0 Å². The Bertz CT molecular complexity index is 1040. The molecule has 1 aromatic rings. The van der Waals surface area contributed by atoms with Gasteiger partial charge in [-0.25, -0.2) is 0 Å². The summed E-state index contributed by atoms with van der Waals surface area (Å²) in [6, 6.07) is -0.116. The highest BCUT2D eigenvalue weighted by atomic mass is 16.5. The minimum absolute atomic E-state index is 0.0190. The van der Waals surface area contributed by atoms with Crippen molar-refractivity contribution in [3.63, 3.8) is 0 Å². The number of aliphatic hydroxyl groups is 1. The quantitative estimate of drug-likeness (QED) is 0.798. The Balaban J connectivity index is 1.88. The average Bonchev–Trinajstić information content (AvgIpc) is 2.98. The highest BCUT2D eigenvalue weighted by Crippen LogP contribution is 2.62. The van der Waals surface area contributed by atoms with E-state index >= 15 is 0 Å². The topological polar surface area (TPSA) is 41.9 Å². The van der Waals surface area contributed by atoms with Gasteiger partial charge in [0.15, 0.2) is 11.5 Å². The first kappa shape index (κ1) is 6.54. The summed E-state index contributed by atoms with van der Waals surface area (Å²) in [7, 11) is -2.83. The Hall–Kier alpha value is -1.52. The molecule has 4 heteroatoms. The largest absolute Gasteiger partial charge is 0.493 e. The lowest BCUT2D eigenvalue weighted by Gasteiger charge is -2.56. The van der Waals surface area contributed by atoms with Crippen LogP contribution in [-0.4, -0.2) is 48.8 Å². The predicted molar refractivity (Wildman–Crippen MR) is 82.5 cm³/mol. The van der Waals surface area contributed by atoms with Crippen molar-refractivity contribution < 1.29 is 28.3 Å². The molecule has 1 spiro atoms. The van der Waals surface area contributed by atoms with Crippen molar-refractivity contribution in [1.29, 1.82) is 0 Å². The number of hydrogen-bond acceptors (Lipinski definition) is 4. The van der Waals surface area contributed by atoms with Crippen molar-refractivity contribution >= 4 is 0 Å². The molecule has 0 radical (unpaired) electrons. The zero-order chi connectivity index (χ0) is 23.7. The Labute approximate surface area is 144 Å². The highest BCUT2D eigenvalue weighted by Gasteiger charge is 2.64. The van der Waals surface area contributed by atoms with Crippen LogP contribution < -0.4 is 9.47 Å². The fraction of sp³-hybridized carbons (Fsp3) is 0.556. The van der Waals surface area contributed by atoms with Crippen LogP contribution in [0.25, 0.3) is 0 Å². The second kappa shape index (κ2) is 4.06. The number of likely N-dealkylation sites (tertiary alicyclic amines) is 1. The van der Waals surface area contributed by atoms with Gasteiger partial charge in [0.2, 0.25) is 0 Å². The van der Waals surface area contributed by atoms with Crippen LogP contribution in [0.3, 0.4) is 0 Å². The molecule has 2 unspecified atom stereocenters. The second-order valence-corrected chi connectivity index (χ2v) is 6.07. The number of nitrogens with zero attached hydrogens (tertiary/aromatic N) is 1. The van der Waals surface area contributed by atoms with Gasteiger partial charge in [0.25, 0.3) is 0 Å². The lowest BCUT2D eigenvalue weighted by atomic mass is 9.53. The van der Waals surface area contributed by atoms with Crippen LogP contribution in [-0.2, 0) is 11.8 Å². The van der Waals surface area contributed by atoms with E-state index in [0.717, 1.165) is 4.90 Å². The molecule has 0 aromatic heterocycles. The third-order valence-electron chi connectivity index (χ3n) is 5.17. The number of hydrogen-bond donors (Lipinski definition) is 1. The van der Waals surface area contributed by atoms with Gasteiger partial charge in [-0.15, -0.1) is 0 Å². The van der Waals surface area contributed by atoms with Gasteiger partial charge in [-0.3, -0.25) is 0 Å². The third-order valence-corrected chi connectivity index (χ3v) is 5.17. The molecule has 4 aliphatic rings. The number of rotatable bonds is 1. The minimum atomic E-state index is -2.85. The van der Waals surface area contributed by atoms with E-state index < -0.39 is 49.9 Å². The van der Waals surface area contributed by atoms with Crippen molar-refractivity contribution in [2.45, 2.75) is 36.4 Å². The Morgan fingerprint density at radius 2 is 2.50 bits per heavy atom. The summed E-state index contributed by atoms with van der Waals surface area (Å²) in [5.74, 6) is -2.44.